The first-order valence-corrected chi connectivity index (χ1v) is 10.8. The van der Waals surface area contributed by atoms with Gasteiger partial charge in [0.15, 0.2) is 17.6 Å². The van der Waals surface area contributed by atoms with E-state index in [9.17, 15) is 4.79 Å². The summed E-state index contributed by atoms with van der Waals surface area (Å²) in [5.74, 6) is 3.30. The first-order chi connectivity index (χ1) is 15.2. The Hall–Kier alpha value is -3.15. The molecule has 2 aromatic carbocycles. The molecule has 6 heteroatoms. The summed E-state index contributed by atoms with van der Waals surface area (Å²) in [7, 11) is 3.39. The van der Waals surface area contributed by atoms with Crippen LogP contribution < -0.4 is 14.2 Å². The topological polar surface area (TPSA) is 57.2 Å². The molecule has 2 unspecified atom stereocenters. The lowest BCUT2D eigenvalue weighted by molar-refractivity contribution is -0.0271. The summed E-state index contributed by atoms with van der Waals surface area (Å²) >= 11 is 0. The summed E-state index contributed by atoms with van der Waals surface area (Å²) in [6.07, 6.45) is 4.11. The molecule has 2 aliphatic heterocycles. The molecule has 2 heterocycles. The van der Waals surface area contributed by atoms with Gasteiger partial charge in [-0.1, -0.05) is 24.3 Å². The van der Waals surface area contributed by atoms with Gasteiger partial charge in [0.2, 0.25) is 0 Å². The van der Waals surface area contributed by atoms with Crippen molar-refractivity contribution in [1.29, 1.82) is 0 Å². The number of piperidine rings is 1. The second kappa shape index (κ2) is 6.67. The molecule has 160 valence electrons. The van der Waals surface area contributed by atoms with E-state index in [0.717, 1.165) is 36.5 Å². The van der Waals surface area contributed by atoms with Crippen molar-refractivity contribution in [3.63, 3.8) is 0 Å². The molecule has 6 rings (SSSR count). The molecule has 6 nitrogen and oxygen atoms in total. The predicted molar refractivity (Wildman–Crippen MR) is 114 cm³/mol. The molecule has 2 aliphatic carbocycles. The number of para-hydroxylation sites is 1. The molecule has 0 radical (unpaired) electrons. The Kier molecular flexibility index (Phi) is 4.01. The third kappa shape index (κ3) is 2.42. The van der Waals surface area contributed by atoms with Crippen LogP contribution in [0.15, 0.2) is 54.3 Å². The number of ether oxygens (including phenoxy) is 4. The minimum absolute atomic E-state index is 0.0533. The van der Waals surface area contributed by atoms with Crippen LogP contribution in [-0.4, -0.2) is 43.9 Å². The molecule has 4 atom stereocenters. The number of likely N-dealkylation sites (tertiary alicyclic amines) is 1. The molecule has 1 saturated heterocycles. The number of hydrogen-bond acceptors (Lipinski definition) is 5. The number of carbonyl (C=O) groups excluding carboxylic acids is 1. The SMILES string of the molecule is COC1=CCC2C3Cc4ccc(OC)c5c4[C@@]2(CCN3C(=O)Oc2ccccc2)[C@H]1O5. The number of allylic oxidation sites excluding steroid dienone is 1. The average Bonchev–Trinajstić information content (AvgIpc) is 3.14. The van der Waals surface area contributed by atoms with E-state index < -0.39 is 0 Å². The second-order valence-corrected chi connectivity index (χ2v) is 8.72. The van der Waals surface area contributed by atoms with Crippen molar-refractivity contribution in [2.24, 2.45) is 5.92 Å². The van der Waals surface area contributed by atoms with E-state index in [1.165, 1.54) is 11.1 Å². The van der Waals surface area contributed by atoms with E-state index in [1.807, 2.05) is 41.3 Å². The Morgan fingerprint density at radius 2 is 1.97 bits per heavy atom. The van der Waals surface area contributed by atoms with Crippen LogP contribution in [0, 0.1) is 5.92 Å². The summed E-state index contributed by atoms with van der Waals surface area (Å²) in [5, 5.41) is 0. The van der Waals surface area contributed by atoms with E-state index in [2.05, 4.69) is 12.1 Å². The Labute approximate surface area is 181 Å². The minimum atomic E-state index is -0.278. The lowest BCUT2D eigenvalue weighted by Gasteiger charge is -2.56. The first-order valence-electron chi connectivity index (χ1n) is 10.8. The fourth-order valence-corrected chi connectivity index (χ4v) is 6.34. The molecule has 31 heavy (non-hydrogen) atoms. The number of nitrogens with zero attached hydrogens (tertiary/aromatic N) is 1. The lowest BCUT2D eigenvalue weighted by Crippen LogP contribution is -2.65. The second-order valence-electron chi connectivity index (χ2n) is 8.72. The first kappa shape index (κ1) is 18.6. The van der Waals surface area contributed by atoms with Crippen molar-refractivity contribution in [1.82, 2.24) is 4.90 Å². The molecule has 1 fully saturated rings. The van der Waals surface area contributed by atoms with Gasteiger partial charge in [-0.3, -0.25) is 0 Å². The highest BCUT2D eigenvalue weighted by Crippen LogP contribution is 2.63. The molecule has 2 aromatic rings. The molecule has 4 aliphatic rings. The fraction of sp³-hybridized carbons (Fsp3) is 0.400. The van der Waals surface area contributed by atoms with Gasteiger partial charge in [-0.05, 0) is 55.0 Å². The van der Waals surface area contributed by atoms with Gasteiger partial charge in [0, 0.05) is 18.2 Å². The zero-order chi connectivity index (χ0) is 21.2. The summed E-state index contributed by atoms with van der Waals surface area (Å²) < 4.78 is 23.7. The predicted octanol–water partition coefficient (Wildman–Crippen LogP) is 4.07. The Bertz CT molecular complexity index is 1080. The van der Waals surface area contributed by atoms with Crippen LogP contribution in [0.1, 0.15) is 24.0 Å². The highest BCUT2D eigenvalue weighted by molar-refractivity contribution is 5.73. The third-order valence-corrected chi connectivity index (χ3v) is 7.57. The standard InChI is InChI=1S/C25H25NO5/c1-28-19-10-8-15-14-18-17-9-11-20(29-2)23-25(17,21(15)22(19)31-23)12-13-26(18)24(27)30-16-6-4-3-5-7-16/h3-8,10-11,17-18,23H,9,12-14H2,1-2H3/t17?,18?,23-,25-/m0/s1. The smallest absolute Gasteiger partial charge is 0.415 e. The number of rotatable bonds is 3. The molecule has 0 aromatic heterocycles. The Balaban J connectivity index is 1.43. The quantitative estimate of drug-likeness (QED) is 0.751. The van der Waals surface area contributed by atoms with Crippen LogP contribution in [0.4, 0.5) is 4.79 Å². The summed E-state index contributed by atoms with van der Waals surface area (Å²) in [6.45, 7) is 0.625. The summed E-state index contributed by atoms with van der Waals surface area (Å²) in [4.78, 5) is 15.1. The maximum absolute atomic E-state index is 13.2. The molecular formula is C25H25NO5. The molecule has 1 spiro atoms. The molecule has 0 N–H and O–H groups in total. The molecule has 1 amide bonds. The zero-order valence-corrected chi connectivity index (χ0v) is 17.7. The summed E-state index contributed by atoms with van der Waals surface area (Å²) in [5.41, 5.74) is 2.29. The highest BCUT2D eigenvalue weighted by atomic mass is 16.6. The van der Waals surface area contributed by atoms with Crippen molar-refractivity contribution in [3.05, 3.63) is 65.4 Å². The van der Waals surface area contributed by atoms with Crippen LogP contribution >= 0.6 is 0 Å². The van der Waals surface area contributed by atoms with Crippen molar-refractivity contribution in [3.8, 4) is 17.2 Å². The maximum atomic E-state index is 13.2. The van der Waals surface area contributed by atoms with E-state index in [0.29, 0.717) is 12.3 Å². The van der Waals surface area contributed by atoms with Gasteiger partial charge in [0.1, 0.15) is 11.5 Å². The Morgan fingerprint density at radius 3 is 2.74 bits per heavy atom. The van der Waals surface area contributed by atoms with Crippen LogP contribution in [0.5, 0.6) is 17.2 Å². The van der Waals surface area contributed by atoms with Gasteiger partial charge in [0.25, 0.3) is 0 Å². The van der Waals surface area contributed by atoms with Crippen molar-refractivity contribution in [2.45, 2.75) is 36.8 Å². The zero-order valence-electron chi connectivity index (χ0n) is 17.7. The minimum Gasteiger partial charge on any atom is -0.497 e. The van der Waals surface area contributed by atoms with Crippen LogP contribution in [0.2, 0.25) is 0 Å². The molecule has 0 saturated carbocycles. The number of hydrogen-bond donors (Lipinski definition) is 0. The van der Waals surface area contributed by atoms with E-state index >= 15 is 0 Å². The molecular weight excluding hydrogens is 394 g/mol. The van der Waals surface area contributed by atoms with Gasteiger partial charge in [-0.25, -0.2) is 4.79 Å². The largest absolute Gasteiger partial charge is 0.497 e. The fourth-order valence-electron chi connectivity index (χ4n) is 6.34. The highest BCUT2D eigenvalue weighted by Gasteiger charge is 2.65. The van der Waals surface area contributed by atoms with Gasteiger partial charge in [-0.15, -0.1) is 0 Å². The molecule has 2 bridgehead atoms. The maximum Gasteiger partial charge on any atom is 0.415 e. The van der Waals surface area contributed by atoms with Gasteiger partial charge in [0.05, 0.1) is 19.6 Å². The Morgan fingerprint density at radius 1 is 1.13 bits per heavy atom. The average molecular weight is 419 g/mol. The number of methoxy groups -OCH3 is 2. The lowest BCUT2D eigenvalue weighted by atomic mass is 9.53. The van der Waals surface area contributed by atoms with Crippen LogP contribution in [-0.2, 0) is 16.6 Å². The van der Waals surface area contributed by atoms with Crippen molar-refractivity contribution in [2.75, 3.05) is 20.8 Å². The number of amides is 1. The van der Waals surface area contributed by atoms with E-state index in [-0.39, 0.29) is 29.6 Å². The monoisotopic (exact) mass is 419 g/mol. The van der Waals surface area contributed by atoms with Gasteiger partial charge in [-0.2, -0.15) is 0 Å². The van der Waals surface area contributed by atoms with Gasteiger partial charge >= 0.3 is 6.09 Å². The van der Waals surface area contributed by atoms with E-state index in [4.69, 9.17) is 18.9 Å². The van der Waals surface area contributed by atoms with Gasteiger partial charge < -0.3 is 23.8 Å². The number of carbonyl (C=O) groups is 1. The normalized spacial score (nSPS) is 29.4. The van der Waals surface area contributed by atoms with Crippen LogP contribution in [0.25, 0.3) is 0 Å². The van der Waals surface area contributed by atoms with E-state index in [1.54, 1.807) is 14.2 Å². The van der Waals surface area contributed by atoms with Crippen LogP contribution in [0.3, 0.4) is 0 Å². The summed E-state index contributed by atoms with van der Waals surface area (Å²) in [6, 6.07) is 13.4. The third-order valence-electron chi connectivity index (χ3n) is 7.57. The van der Waals surface area contributed by atoms with Crippen molar-refractivity contribution < 1.29 is 23.7 Å². The number of benzene rings is 2. The van der Waals surface area contributed by atoms with Crippen molar-refractivity contribution >= 4 is 6.09 Å².